The van der Waals surface area contributed by atoms with Gasteiger partial charge in [0.2, 0.25) is 0 Å². The molecule has 0 atom stereocenters. The quantitative estimate of drug-likeness (QED) is 0.477. The molecule has 0 aliphatic carbocycles. The van der Waals surface area contributed by atoms with Gasteiger partial charge in [0.1, 0.15) is 5.69 Å². The fourth-order valence-corrected chi connectivity index (χ4v) is 1.49. The van der Waals surface area contributed by atoms with E-state index in [4.69, 9.17) is 4.74 Å². The highest BCUT2D eigenvalue weighted by molar-refractivity contribution is 9.10. The molecule has 8 heteroatoms. The van der Waals surface area contributed by atoms with E-state index in [1.807, 2.05) is 0 Å². The Labute approximate surface area is 113 Å². The summed E-state index contributed by atoms with van der Waals surface area (Å²) < 4.78 is 5.59. The molecule has 0 aliphatic rings. The molecule has 1 aromatic heterocycles. The molecule has 0 unspecified atom stereocenters. The van der Waals surface area contributed by atoms with E-state index in [0.717, 1.165) is 4.47 Å². The van der Waals surface area contributed by atoms with Gasteiger partial charge in [-0.1, -0.05) is 0 Å². The summed E-state index contributed by atoms with van der Waals surface area (Å²) in [5, 5.41) is 2.57. The van der Waals surface area contributed by atoms with E-state index in [0.29, 0.717) is 25.3 Å². The standard InChI is InChI=1S/C10H15BrN4O3/c1-18-4-2-3-12-10(17)15-14-9(16)8-5-7(11)6-13-8/h5-6,13H,2-4H2,1H3,(H,14,16)(H2,12,15,17). The van der Waals surface area contributed by atoms with Crippen molar-refractivity contribution in [2.24, 2.45) is 0 Å². The number of halogens is 1. The molecule has 0 aromatic carbocycles. The third-order valence-corrected chi connectivity index (χ3v) is 2.45. The van der Waals surface area contributed by atoms with Gasteiger partial charge >= 0.3 is 6.03 Å². The van der Waals surface area contributed by atoms with E-state index in [9.17, 15) is 9.59 Å². The van der Waals surface area contributed by atoms with Crippen molar-refractivity contribution < 1.29 is 14.3 Å². The van der Waals surface area contributed by atoms with Crippen molar-refractivity contribution >= 4 is 27.9 Å². The minimum Gasteiger partial charge on any atom is -0.385 e. The zero-order valence-corrected chi connectivity index (χ0v) is 11.5. The van der Waals surface area contributed by atoms with Gasteiger partial charge in [0, 0.05) is 30.9 Å². The molecule has 7 nitrogen and oxygen atoms in total. The molecule has 1 aromatic rings. The van der Waals surface area contributed by atoms with Crippen LogP contribution in [-0.2, 0) is 4.74 Å². The number of aromatic nitrogens is 1. The fourth-order valence-electron chi connectivity index (χ4n) is 1.14. The Morgan fingerprint density at radius 2 is 2.22 bits per heavy atom. The molecule has 1 heterocycles. The van der Waals surface area contributed by atoms with Crippen LogP contribution in [0.1, 0.15) is 16.9 Å². The number of nitrogens with one attached hydrogen (secondary N) is 4. The monoisotopic (exact) mass is 318 g/mol. The van der Waals surface area contributed by atoms with Crippen molar-refractivity contribution in [3.05, 3.63) is 22.4 Å². The molecule has 0 radical (unpaired) electrons. The number of hydrogen-bond donors (Lipinski definition) is 4. The van der Waals surface area contributed by atoms with Crippen LogP contribution in [0.4, 0.5) is 4.79 Å². The van der Waals surface area contributed by atoms with Crippen LogP contribution in [0, 0.1) is 0 Å². The Kier molecular flexibility index (Phi) is 6.23. The molecule has 0 bridgehead atoms. The van der Waals surface area contributed by atoms with Gasteiger partial charge in [-0.15, -0.1) is 0 Å². The van der Waals surface area contributed by atoms with Crippen LogP contribution < -0.4 is 16.2 Å². The van der Waals surface area contributed by atoms with Crippen molar-refractivity contribution in [3.63, 3.8) is 0 Å². The average molecular weight is 319 g/mol. The third-order valence-electron chi connectivity index (χ3n) is 1.99. The number of ether oxygens (including phenoxy) is 1. The molecule has 4 N–H and O–H groups in total. The lowest BCUT2D eigenvalue weighted by Gasteiger charge is -2.07. The van der Waals surface area contributed by atoms with E-state index in [1.165, 1.54) is 0 Å². The summed E-state index contributed by atoms with van der Waals surface area (Å²) in [6.45, 7) is 1.05. The van der Waals surface area contributed by atoms with Crippen LogP contribution in [0.15, 0.2) is 16.7 Å². The molecule has 18 heavy (non-hydrogen) atoms. The maximum absolute atomic E-state index is 11.5. The van der Waals surface area contributed by atoms with E-state index in [-0.39, 0.29) is 0 Å². The van der Waals surface area contributed by atoms with Crippen LogP contribution >= 0.6 is 15.9 Å². The molecule has 0 saturated carbocycles. The first kappa shape index (κ1) is 14.5. The first-order valence-corrected chi connectivity index (χ1v) is 6.10. The number of hydrogen-bond acceptors (Lipinski definition) is 3. The summed E-state index contributed by atoms with van der Waals surface area (Å²) >= 11 is 3.21. The van der Waals surface area contributed by atoms with Crippen LogP contribution in [0.25, 0.3) is 0 Å². The van der Waals surface area contributed by atoms with Gasteiger partial charge in [0.05, 0.1) is 0 Å². The SMILES string of the molecule is COCCCNC(=O)NNC(=O)c1cc(Br)c[nH]1. The topological polar surface area (TPSA) is 95.2 Å². The molecule has 100 valence electrons. The molecule has 3 amide bonds. The van der Waals surface area contributed by atoms with Crippen LogP contribution in [0.5, 0.6) is 0 Å². The van der Waals surface area contributed by atoms with E-state index < -0.39 is 11.9 Å². The molecule has 0 saturated heterocycles. The summed E-state index contributed by atoms with van der Waals surface area (Å²) in [7, 11) is 1.59. The minimum atomic E-state index is -0.468. The number of hydrazine groups is 1. The zero-order valence-electron chi connectivity index (χ0n) is 9.88. The van der Waals surface area contributed by atoms with E-state index >= 15 is 0 Å². The van der Waals surface area contributed by atoms with Crippen LogP contribution in [0.3, 0.4) is 0 Å². The second kappa shape index (κ2) is 7.72. The molecule has 1 rings (SSSR count). The van der Waals surface area contributed by atoms with Crippen LogP contribution in [0.2, 0.25) is 0 Å². The number of rotatable bonds is 5. The predicted molar refractivity (Wildman–Crippen MR) is 69.0 cm³/mol. The van der Waals surface area contributed by atoms with E-state index in [2.05, 4.69) is 37.1 Å². The second-order valence-corrected chi connectivity index (χ2v) is 4.33. The Hall–Kier alpha value is -1.54. The number of urea groups is 1. The summed E-state index contributed by atoms with van der Waals surface area (Å²) in [6.07, 6.45) is 2.33. The van der Waals surface area contributed by atoms with Crippen molar-refractivity contribution in [3.8, 4) is 0 Å². The van der Waals surface area contributed by atoms with Gasteiger partial charge in [0.15, 0.2) is 0 Å². The lowest BCUT2D eigenvalue weighted by molar-refractivity contribution is 0.0931. The Morgan fingerprint density at radius 3 is 2.83 bits per heavy atom. The summed E-state index contributed by atoms with van der Waals surface area (Å²) in [5.41, 5.74) is 4.86. The highest BCUT2D eigenvalue weighted by Crippen LogP contribution is 2.09. The number of H-pyrrole nitrogens is 1. The zero-order chi connectivity index (χ0) is 13.4. The number of aromatic amines is 1. The first-order valence-electron chi connectivity index (χ1n) is 5.30. The number of methoxy groups -OCH3 is 1. The highest BCUT2D eigenvalue weighted by Gasteiger charge is 2.08. The first-order chi connectivity index (χ1) is 8.63. The van der Waals surface area contributed by atoms with Crippen molar-refractivity contribution in [1.29, 1.82) is 0 Å². The lowest BCUT2D eigenvalue weighted by Crippen LogP contribution is -2.47. The largest absolute Gasteiger partial charge is 0.385 e. The van der Waals surface area contributed by atoms with Gasteiger partial charge in [-0.25, -0.2) is 10.2 Å². The van der Waals surface area contributed by atoms with Crippen molar-refractivity contribution in [2.45, 2.75) is 6.42 Å². The maximum atomic E-state index is 11.5. The number of carbonyl (C=O) groups excluding carboxylic acids is 2. The number of carbonyl (C=O) groups is 2. The van der Waals surface area contributed by atoms with Gasteiger partial charge in [-0.05, 0) is 28.4 Å². The molecule has 0 fully saturated rings. The normalized spacial score (nSPS) is 9.89. The summed E-state index contributed by atoms with van der Waals surface area (Å²) in [5.74, 6) is -0.423. The summed E-state index contributed by atoms with van der Waals surface area (Å²) in [6, 6.07) is 1.14. The van der Waals surface area contributed by atoms with Gasteiger partial charge in [-0.2, -0.15) is 0 Å². The smallest absolute Gasteiger partial charge is 0.333 e. The highest BCUT2D eigenvalue weighted by atomic mass is 79.9. The second-order valence-electron chi connectivity index (χ2n) is 3.41. The van der Waals surface area contributed by atoms with Gasteiger partial charge < -0.3 is 15.0 Å². The Balaban J connectivity index is 2.20. The summed E-state index contributed by atoms with van der Waals surface area (Å²) in [4.78, 5) is 25.5. The minimum absolute atomic E-state index is 0.349. The molecule has 0 aliphatic heterocycles. The Bertz CT molecular complexity index is 408. The van der Waals surface area contributed by atoms with Gasteiger partial charge in [-0.3, -0.25) is 10.2 Å². The molecular weight excluding hydrogens is 304 g/mol. The van der Waals surface area contributed by atoms with Crippen molar-refractivity contribution in [1.82, 2.24) is 21.2 Å². The lowest BCUT2D eigenvalue weighted by atomic mass is 10.4. The van der Waals surface area contributed by atoms with Crippen molar-refractivity contribution in [2.75, 3.05) is 20.3 Å². The van der Waals surface area contributed by atoms with Gasteiger partial charge in [0.25, 0.3) is 5.91 Å². The Morgan fingerprint density at radius 1 is 1.44 bits per heavy atom. The number of amides is 3. The fraction of sp³-hybridized carbons (Fsp3) is 0.400. The van der Waals surface area contributed by atoms with Crippen LogP contribution in [-0.4, -0.2) is 37.2 Å². The molecular formula is C10H15BrN4O3. The predicted octanol–water partition coefficient (Wildman–Crippen LogP) is 0.758. The third kappa shape index (κ3) is 5.19. The average Bonchev–Trinajstić information content (AvgIpc) is 2.78. The van der Waals surface area contributed by atoms with E-state index in [1.54, 1.807) is 19.4 Å². The molecule has 0 spiro atoms. The maximum Gasteiger partial charge on any atom is 0.333 e.